The first kappa shape index (κ1) is 21.8. The highest BCUT2D eigenvalue weighted by Gasteiger charge is 2.26. The highest BCUT2D eigenvalue weighted by atomic mass is 16.5. The summed E-state index contributed by atoms with van der Waals surface area (Å²) in [6.07, 6.45) is 3.68. The lowest BCUT2D eigenvalue weighted by Gasteiger charge is -2.14. The zero-order valence-electron chi connectivity index (χ0n) is 19.2. The number of hydrogen-bond acceptors (Lipinski definition) is 8. The van der Waals surface area contributed by atoms with E-state index >= 15 is 0 Å². The fourth-order valence-corrected chi connectivity index (χ4v) is 4.65. The van der Waals surface area contributed by atoms with E-state index < -0.39 is 0 Å². The Hall–Kier alpha value is -4.67. The Labute approximate surface area is 205 Å². The Kier molecular flexibility index (Phi) is 5.56. The molecule has 2 amide bonds. The average Bonchev–Trinajstić information content (AvgIpc) is 3.68. The van der Waals surface area contributed by atoms with Crippen LogP contribution in [0.4, 0.5) is 0 Å². The van der Waals surface area contributed by atoms with Gasteiger partial charge in [0.05, 0.1) is 12.6 Å². The first-order chi connectivity index (χ1) is 17.6. The molecule has 0 fully saturated rings. The van der Waals surface area contributed by atoms with Crippen LogP contribution in [0.25, 0.3) is 11.4 Å². The molecule has 180 valence electrons. The molecule has 0 unspecified atom stereocenters. The fraction of sp³-hybridized carbons (Fsp3) is 0.240. The van der Waals surface area contributed by atoms with Crippen molar-refractivity contribution in [3.8, 4) is 17.1 Å². The lowest BCUT2D eigenvalue weighted by atomic mass is 10.0. The van der Waals surface area contributed by atoms with Gasteiger partial charge in [-0.2, -0.15) is 5.21 Å². The van der Waals surface area contributed by atoms with Crippen LogP contribution in [-0.2, 0) is 19.4 Å². The average molecular weight is 483 g/mol. The molecule has 0 saturated heterocycles. The summed E-state index contributed by atoms with van der Waals surface area (Å²) in [5.41, 5.74) is 5.43. The second-order valence-electron chi connectivity index (χ2n) is 8.73. The number of H-pyrrole nitrogens is 1. The third kappa shape index (κ3) is 4.26. The highest BCUT2D eigenvalue weighted by molar-refractivity contribution is 5.97. The monoisotopic (exact) mass is 482 g/mol. The number of aryl methyl sites for hydroxylation is 1. The van der Waals surface area contributed by atoms with Gasteiger partial charge in [-0.05, 0) is 52.4 Å². The van der Waals surface area contributed by atoms with Gasteiger partial charge in [0.2, 0.25) is 5.82 Å². The van der Waals surface area contributed by atoms with Crippen LogP contribution in [0.15, 0.2) is 48.8 Å². The summed E-state index contributed by atoms with van der Waals surface area (Å²) >= 11 is 0. The number of benzene rings is 2. The summed E-state index contributed by atoms with van der Waals surface area (Å²) in [6, 6.07) is 13.1. The molecule has 11 heteroatoms. The van der Waals surface area contributed by atoms with E-state index in [1.54, 1.807) is 0 Å². The van der Waals surface area contributed by atoms with Crippen molar-refractivity contribution >= 4 is 11.8 Å². The van der Waals surface area contributed by atoms with Crippen LogP contribution in [0.3, 0.4) is 0 Å². The number of rotatable bonds is 6. The molecule has 6 rings (SSSR count). The van der Waals surface area contributed by atoms with Crippen LogP contribution in [0.2, 0.25) is 0 Å². The fourth-order valence-electron chi connectivity index (χ4n) is 4.65. The van der Waals surface area contributed by atoms with E-state index in [9.17, 15) is 9.59 Å². The molecule has 2 aliphatic rings. The van der Waals surface area contributed by atoms with Crippen molar-refractivity contribution in [2.45, 2.75) is 31.8 Å². The summed E-state index contributed by atoms with van der Waals surface area (Å²) in [6.45, 7) is 1.03. The van der Waals surface area contributed by atoms with Crippen molar-refractivity contribution in [2.75, 3.05) is 6.61 Å². The minimum Gasteiger partial charge on any atom is -0.493 e. The number of ether oxygens (including phenoxy) is 1. The predicted molar refractivity (Wildman–Crippen MR) is 127 cm³/mol. The highest BCUT2D eigenvalue weighted by Crippen LogP contribution is 2.33. The number of fused-ring (bicyclic) bond motifs is 2. The van der Waals surface area contributed by atoms with Crippen molar-refractivity contribution in [3.63, 3.8) is 0 Å². The molecule has 2 aromatic heterocycles. The Morgan fingerprint density at radius 2 is 1.89 bits per heavy atom. The van der Waals surface area contributed by atoms with Crippen LogP contribution >= 0.6 is 0 Å². The third-order valence-electron chi connectivity index (χ3n) is 6.47. The number of carbonyl (C=O) groups is 2. The first-order valence-electron chi connectivity index (χ1n) is 11.7. The van der Waals surface area contributed by atoms with Crippen molar-refractivity contribution < 1.29 is 14.3 Å². The Bertz CT molecular complexity index is 1450. The molecule has 2 aromatic carbocycles. The molecule has 0 radical (unpaired) electrons. The Morgan fingerprint density at radius 1 is 1.00 bits per heavy atom. The van der Waals surface area contributed by atoms with Crippen LogP contribution in [0.1, 0.15) is 55.7 Å². The zero-order chi connectivity index (χ0) is 24.5. The predicted octanol–water partition coefficient (Wildman–Crippen LogP) is 1.94. The van der Waals surface area contributed by atoms with E-state index in [0.29, 0.717) is 19.0 Å². The maximum atomic E-state index is 12.9. The number of tetrazole rings is 1. The summed E-state index contributed by atoms with van der Waals surface area (Å²) in [7, 11) is 0. The molecule has 3 heterocycles. The Balaban J connectivity index is 1.10. The third-order valence-corrected chi connectivity index (χ3v) is 6.47. The van der Waals surface area contributed by atoms with Crippen LogP contribution in [0.5, 0.6) is 5.75 Å². The van der Waals surface area contributed by atoms with Crippen molar-refractivity contribution in [1.29, 1.82) is 0 Å². The molecule has 1 aliphatic heterocycles. The van der Waals surface area contributed by atoms with Gasteiger partial charge >= 0.3 is 0 Å². The minimum atomic E-state index is -0.372. The Morgan fingerprint density at radius 3 is 2.75 bits per heavy atom. The minimum absolute atomic E-state index is 0.135. The second kappa shape index (κ2) is 9.17. The molecule has 4 aromatic rings. The zero-order valence-corrected chi connectivity index (χ0v) is 19.2. The van der Waals surface area contributed by atoms with Crippen LogP contribution in [-0.4, -0.2) is 49.0 Å². The number of aromatic nitrogens is 6. The molecule has 1 aliphatic carbocycles. The summed E-state index contributed by atoms with van der Waals surface area (Å²) in [5.74, 6) is 0.699. The smallest absolute Gasteiger partial charge is 0.270 e. The van der Waals surface area contributed by atoms with E-state index in [1.807, 2.05) is 36.4 Å². The lowest BCUT2D eigenvalue weighted by Crippen LogP contribution is -2.29. The molecule has 36 heavy (non-hydrogen) atoms. The van der Waals surface area contributed by atoms with Crippen molar-refractivity contribution in [1.82, 2.24) is 41.2 Å². The van der Waals surface area contributed by atoms with Gasteiger partial charge in [-0.3, -0.25) is 9.59 Å². The molecule has 0 spiro atoms. The largest absolute Gasteiger partial charge is 0.493 e. The quantitative estimate of drug-likeness (QED) is 0.378. The van der Waals surface area contributed by atoms with E-state index in [-0.39, 0.29) is 29.2 Å². The normalized spacial score (nSPS) is 15.6. The van der Waals surface area contributed by atoms with Gasteiger partial charge in [0, 0.05) is 24.6 Å². The van der Waals surface area contributed by atoms with E-state index in [1.165, 1.54) is 12.4 Å². The van der Waals surface area contributed by atoms with Crippen molar-refractivity contribution in [2.24, 2.45) is 0 Å². The molecule has 0 saturated carbocycles. The summed E-state index contributed by atoms with van der Waals surface area (Å²) in [5, 5.41) is 20.0. The number of aromatic amines is 1. The van der Waals surface area contributed by atoms with Crippen LogP contribution < -0.4 is 15.4 Å². The van der Waals surface area contributed by atoms with E-state index in [4.69, 9.17) is 4.74 Å². The maximum Gasteiger partial charge on any atom is 0.270 e. The number of amides is 2. The van der Waals surface area contributed by atoms with Gasteiger partial charge in [-0.25, -0.2) is 9.97 Å². The standard InChI is InChI=1S/C25H22N8O3/c34-24(26-12-14-1-6-22-16(9-14)7-8-36-22)20-11-21(28-13-27-20)25(35)29-19-5-3-15-10-17(2-4-18(15)19)23-30-32-33-31-23/h1-2,4,6,9-11,13,19H,3,5,7-8,12H2,(H,26,34)(H,29,35)(H,30,31,32,33)/t19-/m1/s1. The molecule has 0 bridgehead atoms. The van der Waals surface area contributed by atoms with Crippen LogP contribution in [0, 0.1) is 0 Å². The van der Waals surface area contributed by atoms with Gasteiger partial charge in [0.15, 0.2) is 0 Å². The summed E-state index contributed by atoms with van der Waals surface area (Å²) in [4.78, 5) is 33.8. The van der Waals surface area contributed by atoms with E-state index in [2.05, 4.69) is 41.2 Å². The molecule has 1 atom stereocenters. The SMILES string of the molecule is O=C(NCc1ccc2c(c1)CCO2)c1cc(C(=O)N[C@@H]2CCc3cc(-c4nn[nH]n4)ccc32)ncn1. The topological polar surface area (TPSA) is 148 Å². The second-order valence-corrected chi connectivity index (χ2v) is 8.73. The first-order valence-corrected chi connectivity index (χ1v) is 11.7. The number of carbonyl (C=O) groups excluding carboxylic acids is 2. The number of nitrogens with one attached hydrogen (secondary N) is 3. The lowest BCUT2D eigenvalue weighted by molar-refractivity contribution is 0.0931. The summed E-state index contributed by atoms with van der Waals surface area (Å²) < 4.78 is 5.52. The van der Waals surface area contributed by atoms with Gasteiger partial charge in [-0.1, -0.05) is 24.3 Å². The number of nitrogens with zero attached hydrogens (tertiary/aromatic N) is 5. The number of hydrogen-bond donors (Lipinski definition) is 3. The maximum absolute atomic E-state index is 12.9. The van der Waals surface area contributed by atoms with Gasteiger partial charge < -0.3 is 15.4 Å². The molecule has 11 nitrogen and oxygen atoms in total. The van der Waals surface area contributed by atoms with Gasteiger partial charge in [0.25, 0.3) is 11.8 Å². The van der Waals surface area contributed by atoms with Gasteiger partial charge in [0.1, 0.15) is 23.5 Å². The van der Waals surface area contributed by atoms with Gasteiger partial charge in [-0.15, -0.1) is 10.2 Å². The molecule has 3 N–H and O–H groups in total. The van der Waals surface area contributed by atoms with Crippen molar-refractivity contribution in [3.05, 3.63) is 82.4 Å². The molecular weight excluding hydrogens is 460 g/mol. The van der Waals surface area contributed by atoms with E-state index in [0.717, 1.165) is 52.8 Å². The molecular formula is C25H22N8O3.